The van der Waals surface area contributed by atoms with E-state index in [2.05, 4.69) is 5.32 Å². The van der Waals surface area contributed by atoms with Gasteiger partial charge in [0.05, 0.1) is 11.4 Å². The first-order valence-corrected chi connectivity index (χ1v) is 12.2. The number of nitrogens with zero attached hydrogens (tertiary/aromatic N) is 2. The van der Waals surface area contributed by atoms with Gasteiger partial charge in [0.25, 0.3) is 0 Å². The van der Waals surface area contributed by atoms with Crippen molar-refractivity contribution in [3.8, 4) is 0 Å². The summed E-state index contributed by atoms with van der Waals surface area (Å²) in [5.41, 5.74) is 0.840. The van der Waals surface area contributed by atoms with Crippen molar-refractivity contribution in [1.82, 2.24) is 14.5 Å². The first-order chi connectivity index (χ1) is 15.0. The van der Waals surface area contributed by atoms with Gasteiger partial charge in [-0.1, -0.05) is 55.8 Å². The van der Waals surface area contributed by atoms with Gasteiger partial charge in [-0.3, -0.25) is 9.59 Å². The lowest BCUT2D eigenvalue weighted by Crippen LogP contribution is -2.51. The molecule has 174 valence electrons. The van der Waals surface area contributed by atoms with Crippen molar-refractivity contribution in [2.75, 3.05) is 20.1 Å². The number of halogens is 1. The van der Waals surface area contributed by atoms with Crippen molar-refractivity contribution in [3.63, 3.8) is 0 Å². The second-order valence-corrected chi connectivity index (χ2v) is 10.5. The zero-order chi connectivity index (χ0) is 23.9. The van der Waals surface area contributed by atoms with Crippen LogP contribution in [0.3, 0.4) is 0 Å². The first kappa shape index (κ1) is 25.8. The number of nitrogens with one attached hydrogen (secondary N) is 1. The zero-order valence-electron chi connectivity index (χ0n) is 18.8. The van der Waals surface area contributed by atoms with Gasteiger partial charge in [0, 0.05) is 25.2 Å². The summed E-state index contributed by atoms with van der Waals surface area (Å²) in [6, 6.07) is 14.2. The SMILES string of the molecule is CC(C)CNC(=O)[C@@H](C)N(Cc1ccccc1)C(=O)CN(C)S(=O)(=O)c1ccc(Cl)cc1. The van der Waals surface area contributed by atoms with Crippen molar-refractivity contribution < 1.29 is 18.0 Å². The summed E-state index contributed by atoms with van der Waals surface area (Å²) < 4.78 is 26.7. The standard InChI is InChI=1S/C23H30ClN3O4S/c1-17(2)14-25-23(29)18(3)27(15-19-8-6-5-7-9-19)22(28)16-26(4)32(30,31)21-12-10-20(24)11-13-21/h5-13,17-18H,14-16H2,1-4H3,(H,25,29)/t18-/m1/s1. The van der Waals surface area contributed by atoms with Gasteiger partial charge in [-0.2, -0.15) is 4.31 Å². The third kappa shape index (κ3) is 7.05. The molecule has 0 saturated carbocycles. The Morgan fingerprint density at radius 1 is 1.00 bits per heavy atom. The van der Waals surface area contributed by atoms with E-state index in [9.17, 15) is 18.0 Å². The summed E-state index contributed by atoms with van der Waals surface area (Å²) in [6.45, 7) is 5.87. The van der Waals surface area contributed by atoms with Crippen molar-refractivity contribution in [2.45, 2.75) is 38.3 Å². The molecule has 0 aromatic heterocycles. The van der Waals surface area contributed by atoms with Gasteiger partial charge in [-0.25, -0.2) is 8.42 Å². The van der Waals surface area contributed by atoms with Crippen molar-refractivity contribution in [3.05, 3.63) is 65.2 Å². The Kier molecular flexibility index (Phi) is 9.24. The van der Waals surface area contributed by atoms with Gasteiger partial charge in [-0.15, -0.1) is 0 Å². The number of benzene rings is 2. The maximum Gasteiger partial charge on any atom is 0.243 e. The van der Waals surface area contributed by atoms with Crippen LogP contribution in [0.2, 0.25) is 5.02 Å². The van der Waals surface area contributed by atoms with Gasteiger partial charge in [-0.05, 0) is 42.7 Å². The molecular formula is C23H30ClN3O4S. The molecule has 1 atom stereocenters. The minimum Gasteiger partial charge on any atom is -0.354 e. The Balaban J connectivity index is 2.22. The van der Waals surface area contributed by atoms with E-state index in [1.807, 2.05) is 44.2 Å². The quantitative estimate of drug-likeness (QED) is 0.567. The highest BCUT2D eigenvalue weighted by Crippen LogP contribution is 2.18. The normalized spacial score (nSPS) is 12.6. The van der Waals surface area contributed by atoms with E-state index in [-0.39, 0.29) is 23.3 Å². The van der Waals surface area contributed by atoms with E-state index in [0.717, 1.165) is 9.87 Å². The van der Waals surface area contributed by atoms with E-state index in [4.69, 9.17) is 11.6 Å². The van der Waals surface area contributed by atoms with Crippen molar-refractivity contribution in [1.29, 1.82) is 0 Å². The van der Waals surface area contributed by atoms with Crippen LogP contribution >= 0.6 is 11.6 Å². The van der Waals surface area contributed by atoms with Gasteiger partial charge < -0.3 is 10.2 Å². The van der Waals surface area contributed by atoms with Crippen LogP contribution in [0, 0.1) is 5.92 Å². The van der Waals surface area contributed by atoms with Crippen LogP contribution in [0.1, 0.15) is 26.3 Å². The second-order valence-electron chi connectivity index (χ2n) is 8.04. The predicted molar refractivity (Wildman–Crippen MR) is 126 cm³/mol. The number of carbonyl (C=O) groups excluding carboxylic acids is 2. The molecule has 0 aliphatic heterocycles. The zero-order valence-corrected chi connectivity index (χ0v) is 20.4. The molecule has 0 radical (unpaired) electrons. The van der Waals surface area contributed by atoms with Crippen LogP contribution in [0.25, 0.3) is 0 Å². The number of carbonyl (C=O) groups is 2. The molecule has 0 aliphatic carbocycles. The molecule has 1 N–H and O–H groups in total. The summed E-state index contributed by atoms with van der Waals surface area (Å²) in [5.74, 6) is -0.493. The van der Waals surface area contributed by atoms with E-state index >= 15 is 0 Å². The summed E-state index contributed by atoms with van der Waals surface area (Å²) in [4.78, 5) is 27.3. The Labute approximate surface area is 195 Å². The Hall–Kier alpha value is -2.42. The predicted octanol–water partition coefficient (Wildman–Crippen LogP) is 3.15. The molecule has 32 heavy (non-hydrogen) atoms. The van der Waals surface area contributed by atoms with Crippen LogP contribution in [0.15, 0.2) is 59.5 Å². The molecule has 0 aliphatic rings. The third-order valence-corrected chi connectivity index (χ3v) is 7.00. The summed E-state index contributed by atoms with van der Waals surface area (Å²) in [6.07, 6.45) is 0. The maximum atomic E-state index is 13.2. The fraction of sp³-hybridized carbons (Fsp3) is 0.391. The molecule has 2 amide bonds. The summed E-state index contributed by atoms with van der Waals surface area (Å²) in [5, 5.41) is 3.26. The molecule has 2 aromatic rings. The van der Waals surface area contributed by atoms with Crippen LogP contribution in [-0.4, -0.2) is 55.6 Å². The number of likely N-dealkylation sites (N-methyl/N-ethyl adjacent to an activating group) is 1. The maximum absolute atomic E-state index is 13.2. The minimum atomic E-state index is -3.90. The van der Waals surface area contributed by atoms with E-state index < -0.39 is 28.5 Å². The third-order valence-electron chi connectivity index (χ3n) is 4.93. The fourth-order valence-corrected chi connectivity index (χ4v) is 4.21. The average Bonchev–Trinajstić information content (AvgIpc) is 2.76. The Morgan fingerprint density at radius 2 is 1.59 bits per heavy atom. The van der Waals surface area contributed by atoms with Crippen LogP contribution in [0.5, 0.6) is 0 Å². The lowest BCUT2D eigenvalue weighted by Gasteiger charge is -2.30. The molecule has 0 saturated heterocycles. The molecule has 0 heterocycles. The smallest absolute Gasteiger partial charge is 0.243 e. The Morgan fingerprint density at radius 3 is 2.16 bits per heavy atom. The van der Waals surface area contributed by atoms with E-state index in [0.29, 0.717) is 11.6 Å². The molecule has 0 bridgehead atoms. The highest BCUT2D eigenvalue weighted by atomic mass is 35.5. The first-order valence-electron chi connectivity index (χ1n) is 10.4. The number of rotatable bonds is 10. The highest BCUT2D eigenvalue weighted by Gasteiger charge is 2.30. The van der Waals surface area contributed by atoms with E-state index in [1.54, 1.807) is 6.92 Å². The summed E-state index contributed by atoms with van der Waals surface area (Å²) in [7, 11) is -2.56. The molecule has 0 spiro atoms. The van der Waals surface area contributed by atoms with Gasteiger partial charge in [0.15, 0.2) is 0 Å². The monoisotopic (exact) mass is 479 g/mol. The second kappa shape index (κ2) is 11.4. The molecular weight excluding hydrogens is 450 g/mol. The Bertz CT molecular complexity index is 1010. The molecule has 9 heteroatoms. The van der Waals surface area contributed by atoms with Gasteiger partial charge in [0.1, 0.15) is 6.04 Å². The molecule has 2 rings (SSSR count). The summed E-state index contributed by atoms with van der Waals surface area (Å²) >= 11 is 5.85. The number of hydrogen-bond acceptors (Lipinski definition) is 4. The van der Waals surface area contributed by atoms with Crippen LogP contribution in [-0.2, 0) is 26.2 Å². The molecule has 0 unspecified atom stereocenters. The number of hydrogen-bond donors (Lipinski definition) is 1. The fourth-order valence-electron chi connectivity index (χ4n) is 2.97. The van der Waals surface area contributed by atoms with Crippen LogP contribution < -0.4 is 5.32 Å². The number of amides is 2. The van der Waals surface area contributed by atoms with E-state index in [1.165, 1.54) is 36.2 Å². The topological polar surface area (TPSA) is 86.8 Å². The lowest BCUT2D eigenvalue weighted by molar-refractivity contribution is -0.140. The van der Waals surface area contributed by atoms with Gasteiger partial charge >= 0.3 is 0 Å². The molecule has 0 fully saturated rings. The van der Waals surface area contributed by atoms with Gasteiger partial charge in [0.2, 0.25) is 21.8 Å². The number of sulfonamides is 1. The van der Waals surface area contributed by atoms with Crippen LogP contribution in [0.4, 0.5) is 0 Å². The van der Waals surface area contributed by atoms with Crippen molar-refractivity contribution in [2.24, 2.45) is 5.92 Å². The van der Waals surface area contributed by atoms with Crippen molar-refractivity contribution >= 4 is 33.4 Å². The average molecular weight is 480 g/mol. The lowest BCUT2D eigenvalue weighted by atomic mass is 10.1. The largest absolute Gasteiger partial charge is 0.354 e. The molecule has 7 nitrogen and oxygen atoms in total. The highest BCUT2D eigenvalue weighted by molar-refractivity contribution is 7.89. The molecule has 2 aromatic carbocycles. The minimum absolute atomic E-state index is 0.0366.